The van der Waals surface area contributed by atoms with Gasteiger partial charge in [-0.2, -0.15) is 0 Å². The van der Waals surface area contributed by atoms with E-state index in [1.165, 1.54) is 11.1 Å². The molecule has 1 atom stereocenters. The smallest absolute Gasteiger partial charge is 0.255 e. The second-order valence-electron chi connectivity index (χ2n) is 6.84. The van der Waals surface area contributed by atoms with Crippen molar-refractivity contribution in [3.63, 3.8) is 0 Å². The van der Waals surface area contributed by atoms with Gasteiger partial charge in [0.25, 0.3) is 5.91 Å². The van der Waals surface area contributed by atoms with Gasteiger partial charge >= 0.3 is 0 Å². The van der Waals surface area contributed by atoms with E-state index in [0.717, 1.165) is 36.4 Å². The molecule has 0 radical (unpaired) electrons. The summed E-state index contributed by atoms with van der Waals surface area (Å²) in [5, 5.41) is 0. The molecule has 25 heavy (non-hydrogen) atoms. The molecule has 1 heterocycles. The zero-order chi connectivity index (χ0) is 17.8. The lowest BCUT2D eigenvalue weighted by atomic mass is 10.0. The highest BCUT2D eigenvalue weighted by molar-refractivity contribution is 7.98. The van der Waals surface area contributed by atoms with Crippen LogP contribution >= 0.6 is 11.8 Å². The van der Waals surface area contributed by atoms with Crippen molar-refractivity contribution in [2.45, 2.75) is 30.3 Å². The van der Waals surface area contributed by atoms with Crippen molar-refractivity contribution in [2.75, 3.05) is 26.9 Å². The van der Waals surface area contributed by atoms with Gasteiger partial charge in [0, 0.05) is 18.0 Å². The number of carbonyl (C=O) groups excluding carboxylic acids is 1. The van der Waals surface area contributed by atoms with Crippen LogP contribution in [0.5, 0.6) is 0 Å². The minimum atomic E-state index is 0.157. The zero-order valence-corrected chi connectivity index (χ0v) is 16.1. The van der Waals surface area contributed by atoms with Crippen LogP contribution in [-0.2, 0) is 6.54 Å². The van der Waals surface area contributed by atoms with Crippen molar-refractivity contribution in [1.29, 1.82) is 0 Å². The third kappa shape index (κ3) is 4.07. The molecule has 3 rings (SSSR count). The van der Waals surface area contributed by atoms with Gasteiger partial charge in [0.15, 0.2) is 0 Å². The molecule has 0 aromatic heterocycles. The minimum Gasteiger partial charge on any atom is -0.332 e. The molecule has 2 aromatic rings. The summed E-state index contributed by atoms with van der Waals surface area (Å²) in [6, 6.07) is 16.9. The summed E-state index contributed by atoms with van der Waals surface area (Å²) in [5.74, 6) is 0.157. The number of thioether (sulfide) groups is 1. The van der Waals surface area contributed by atoms with Crippen LogP contribution in [0.3, 0.4) is 0 Å². The van der Waals surface area contributed by atoms with Gasteiger partial charge in [-0.05, 0) is 56.5 Å². The monoisotopic (exact) mass is 354 g/mol. The van der Waals surface area contributed by atoms with E-state index in [1.54, 1.807) is 11.8 Å². The Hall–Kier alpha value is -1.78. The van der Waals surface area contributed by atoms with Crippen molar-refractivity contribution in [1.82, 2.24) is 9.80 Å². The maximum absolute atomic E-state index is 13.1. The van der Waals surface area contributed by atoms with Crippen LogP contribution in [0.25, 0.3) is 0 Å². The van der Waals surface area contributed by atoms with Gasteiger partial charge < -0.3 is 9.80 Å². The van der Waals surface area contributed by atoms with Crippen LogP contribution in [0.2, 0.25) is 0 Å². The lowest BCUT2D eigenvalue weighted by Gasteiger charge is -2.26. The first kappa shape index (κ1) is 18.0. The number of carbonyl (C=O) groups is 1. The van der Waals surface area contributed by atoms with Gasteiger partial charge in [0.05, 0.1) is 11.6 Å². The SMILES string of the molecule is CSc1ccccc1C(=O)N1CCCC1c1ccc(CN(C)C)cc1. The molecular weight excluding hydrogens is 328 g/mol. The number of nitrogens with zero attached hydrogens (tertiary/aromatic N) is 2. The van der Waals surface area contributed by atoms with Crippen LogP contribution in [-0.4, -0.2) is 42.6 Å². The summed E-state index contributed by atoms with van der Waals surface area (Å²) in [6.45, 7) is 1.78. The maximum Gasteiger partial charge on any atom is 0.255 e. The Morgan fingerprint density at radius 1 is 1.16 bits per heavy atom. The van der Waals surface area contributed by atoms with Crippen molar-refractivity contribution in [3.05, 3.63) is 65.2 Å². The first-order valence-electron chi connectivity index (χ1n) is 8.77. The number of hydrogen-bond acceptors (Lipinski definition) is 3. The van der Waals surface area contributed by atoms with E-state index in [1.807, 2.05) is 30.5 Å². The highest BCUT2D eigenvalue weighted by atomic mass is 32.2. The Morgan fingerprint density at radius 3 is 2.56 bits per heavy atom. The Bertz CT molecular complexity index is 727. The van der Waals surface area contributed by atoms with Crippen molar-refractivity contribution >= 4 is 17.7 Å². The number of hydrogen-bond donors (Lipinski definition) is 0. The zero-order valence-electron chi connectivity index (χ0n) is 15.2. The summed E-state index contributed by atoms with van der Waals surface area (Å²) < 4.78 is 0. The van der Waals surface area contributed by atoms with E-state index in [-0.39, 0.29) is 11.9 Å². The Morgan fingerprint density at radius 2 is 1.88 bits per heavy atom. The highest BCUT2D eigenvalue weighted by Gasteiger charge is 2.31. The molecule has 1 fully saturated rings. The molecule has 1 aliphatic rings. The second kappa shape index (κ2) is 8.07. The molecule has 1 saturated heterocycles. The topological polar surface area (TPSA) is 23.6 Å². The number of likely N-dealkylation sites (tertiary alicyclic amines) is 1. The third-order valence-corrected chi connectivity index (χ3v) is 5.51. The molecule has 4 heteroatoms. The summed E-state index contributed by atoms with van der Waals surface area (Å²) >= 11 is 1.64. The van der Waals surface area contributed by atoms with E-state index >= 15 is 0 Å². The van der Waals surface area contributed by atoms with E-state index in [9.17, 15) is 4.79 Å². The van der Waals surface area contributed by atoms with E-state index in [4.69, 9.17) is 0 Å². The second-order valence-corrected chi connectivity index (χ2v) is 7.68. The largest absolute Gasteiger partial charge is 0.332 e. The molecular formula is C21H26N2OS. The average molecular weight is 355 g/mol. The quantitative estimate of drug-likeness (QED) is 0.741. The van der Waals surface area contributed by atoms with Crippen molar-refractivity contribution in [3.8, 4) is 0 Å². The molecule has 2 aromatic carbocycles. The van der Waals surface area contributed by atoms with E-state index < -0.39 is 0 Å². The molecule has 0 aliphatic carbocycles. The molecule has 3 nitrogen and oxygen atoms in total. The van der Waals surface area contributed by atoms with Gasteiger partial charge in [-0.15, -0.1) is 11.8 Å². The number of amides is 1. The first-order valence-corrected chi connectivity index (χ1v) is 10.00. The highest BCUT2D eigenvalue weighted by Crippen LogP contribution is 2.34. The molecule has 0 saturated carbocycles. The Labute approximate surface area is 155 Å². The third-order valence-electron chi connectivity index (χ3n) is 4.71. The van der Waals surface area contributed by atoms with Gasteiger partial charge in [-0.25, -0.2) is 0 Å². The summed E-state index contributed by atoms with van der Waals surface area (Å²) in [7, 11) is 4.16. The van der Waals surface area contributed by atoms with E-state index in [2.05, 4.69) is 48.2 Å². The van der Waals surface area contributed by atoms with Crippen LogP contribution in [0.15, 0.2) is 53.4 Å². The predicted molar refractivity (Wildman–Crippen MR) is 105 cm³/mol. The van der Waals surface area contributed by atoms with Gasteiger partial charge in [-0.3, -0.25) is 4.79 Å². The normalized spacial score (nSPS) is 17.3. The molecule has 1 aliphatic heterocycles. The molecule has 0 spiro atoms. The van der Waals surface area contributed by atoms with Gasteiger partial charge in [-0.1, -0.05) is 36.4 Å². The summed E-state index contributed by atoms with van der Waals surface area (Å²) in [4.78, 5) is 18.4. The molecule has 132 valence electrons. The molecule has 1 amide bonds. The van der Waals surface area contributed by atoms with Crippen LogP contribution < -0.4 is 0 Å². The van der Waals surface area contributed by atoms with Crippen LogP contribution in [0.1, 0.15) is 40.4 Å². The first-order chi connectivity index (χ1) is 12.1. The molecule has 1 unspecified atom stereocenters. The Kier molecular flexibility index (Phi) is 5.82. The fourth-order valence-corrected chi connectivity index (χ4v) is 4.13. The molecule has 0 bridgehead atoms. The fourth-order valence-electron chi connectivity index (χ4n) is 3.54. The Balaban J connectivity index is 1.81. The van der Waals surface area contributed by atoms with Crippen molar-refractivity contribution in [2.24, 2.45) is 0 Å². The van der Waals surface area contributed by atoms with E-state index in [0.29, 0.717) is 0 Å². The summed E-state index contributed by atoms with van der Waals surface area (Å²) in [6.07, 6.45) is 4.13. The number of rotatable bonds is 5. The van der Waals surface area contributed by atoms with Crippen molar-refractivity contribution < 1.29 is 4.79 Å². The predicted octanol–water partition coefficient (Wildman–Crippen LogP) is 4.45. The lowest BCUT2D eigenvalue weighted by molar-refractivity contribution is 0.0732. The van der Waals surface area contributed by atoms with Crippen LogP contribution in [0.4, 0.5) is 0 Å². The number of benzene rings is 2. The fraction of sp³-hybridized carbons (Fsp3) is 0.381. The van der Waals surface area contributed by atoms with Gasteiger partial charge in [0.1, 0.15) is 0 Å². The lowest BCUT2D eigenvalue weighted by Crippen LogP contribution is -2.31. The summed E-state index contributed by atoms with van der Waals surface area (Å²) in [5.41, 5.74) is 3.37. The van der Waals surface area contributed by atoms with Crippen LogP contribution in [0, 0.1) is 0 Å². The minimum absolute atomic E-state index is 0.157. The van der Waals surface area contributed by atoms with Gasteiger partial charge in [0.2, 0.25) is 0 Å². The molecule has 0 N–H and O–H groups in total. The average Bonchev–Trinajstić information content (AvgIpc) is 3.11. The maximum atomic E-state index is 13.1. The standard InChI is InChI=1S/C21H26N2OS/c1-22(2)15-16-10-12-17(13-11-16)19-8-6-14-23(19)21(24)18-7-4-5-9-20(18)25-3/h4-5,7,9-13,19H,6,8,14-15H2,1-3H3.